The maximum atomic E-state index is 13.3. The van der Waals surface area contributed by atoms with Gasteiger partial charge < -0.3 is 29.5 Å². The van der Waals surface area contributed by atoms with Crippen LogP contribution in [0, 0.1) is 39.4 Å². The van der Waals surface area contributed by atoms with Crippen LogP contribution < -0.4 is 0 Å². The van der Waals surface area contributed by atoms with E-state index in [1.807, 2.05) is 39.8 Å². The first kappa shape index (κ1) is 30.6. The predicted octanol–water partition coefficient (Wildman–Crippen LogP) is 2.54. The van der Waals surface area contributed by atoms with Gasteiger partial charge in [-0.15, -0.1) is 0 Å². The number of ether oxygens (including phenoxy) is 3. The molecule has 0 radical (unpaired) electrons. The van der Waals surface area contributed by atoms with E-state index in [1.54, 1.807) is 13.0 Å². The lowest BCUT2D eigenvalue weighted by Gasteiger charge is -2.68. The minimum absolute atomic E-state index is 0.0756. The van der Waals surface area contributed by atoms with Crippen LogP contribution in [0.15, 0.2) is 35.5 Å². The zero-order valence-corrected chi connectivity index (χ0v) is 25.5. The smallest absolute Gasteiger partial charge is 0.337 e. The van der Waals surface area contributed by atoms with Gasteiger partial charge in [0.05, 0.1) is 0 Å². The van der Waals surface area contributed by atoms with Crippen LogP contribution in [0.3, 0.4) is 0 Å². The normalized spacial score (nSPS) is 43.8. The molecule has 10 heteroatoms. The molecule has 4 aliphatic carbocycles. The van der Waals surface area contributed by atoms with E-state index < -0.39 is 81.6 Å². The fourth-order valence-corrected chi connectivity index (χ4v) is 9.27. The van der Waals surface area contributed by atoms with Gasteiger partial charge in [0.25, 0.3) is 0 Å². The molecule has 1 aliphatic heterocycles. The van der Waals surface area contributed by atoms with Gasteiger partial charge in [-0.2, -0.15) is 0 Å². The summed E-state index contributed by atoms with van der Waals surface area (Å²) in [6, 6.07) is 0. The first-order chi connectivity index (χ1) is 19.2. The molecule has 5 aliphatic rings. The Balaban J connectivity index is 1.77. The number of allylic oxidation sites excluding steroid dienone is 3. The van der Waals surface area contributed by atoms with E-state index >= 15 is 0 Å². The molecule has 5 rings (SSSR count). The molecule has 0 aromatic carbocycles. The van der Waals surface area contributed by atoms with Crippen LogP contribution >= 0.6 is 0 Å². The average molecular weight is 587 g/mol. The van der Waals surface area contributed by atoms with Crippen LogP contribution in [0.1, 0.15) is 68.2 Å². The fraction of sp³-hybridized carbons (Fsp3) is 0.688. The Labute approximate surface area is 245 Å². The number of hydrogen-bond donors (Lipinski definition) is 3. The SMILES string of the molecule is CC(=O)O[C@@H]1C[C@H]2C(C)(C)C(=O)C=C[C@@]2(C)[C@@H]2[C@H](OC(=O)C(C)(C)O)[C@H](O)[C@]3(C)C(=CC[C@H]3C3=CC(=O)O[C@H]3O)[C@@]12C. The molecule has 0 amide bonds. The lowest BCUT2D eigenvalue weighted by atomic mass is 9.37. The molecule has 10 atom stereocenters. The fourth-order valence-electron chi connectivity index (χ4n) is 9.27. The number of esters is 3. The topological polar surface area (TPSA) is 157 Å². The number of carbonyl (C=O) groups is 4. The highest BCUT2D eigenvalue weighted by molar-refractivity contribution is 5.96. The summed E-state index contributed by atoms with van der Waals surface area (Å²) in [5, 5.41) is 33.6. The van der Waals surface area contributed by atoms with Crippen LogP contribution in [0.5, 0.6) is 0 Å². The first-order valence-corrected chi connectivity index (χ1v) is 14.6. The molecule has 3 N–H and O–H groups in total. The van der Waals surface area contributed by atoms with E-state index in [0.29, 0.717) is 18.4 Å². The minimum Gasteiger partial charge on any atom is -0.462 e. The van der Waals surface area contributed by atoms with Crippen molar-refractivity contribution in [2.45, 2.75) is 98.4 Å². The van der Waals surface area contributed by atoms with Gasteiger partial charge in [0, 0.05) is 46.7 Å². The molecule has 0 saturated heterocycles. The largest absolute Gasteiger partial charge is 0.462 e. The van der Waals surface area contributed by atoms with Crippen molar-refractivity contribution in [3.63, 3.8) is 0 Å². The second kappa shape index (κ2) is 9.34. The van der Waals surface area contributed by atoms with Gasteiger partial charge in [0.15, 0.2) is 11.4 Å². The van der Waals surface area contributed by atoms with Crippen LogP contribution in [-0.4, -0.2) is 69.2 Å². The number of rotatable bonds is 4. The van der Waals surface area contributed by atoms with Crippen molar-refractivity contribution in [3.8, 4) is 0 Å². The zero-order valence-electron chi connectivity index (χ0n) is 25.5. The van der Waals surface area contributed by atoms with Crippen molar-refractivity contribution in [1.29, 1.82) is 0 Å². The molecule has 0 bridgehead atoms. The Morgan fingerprint density at radius 2 is 1.69 bits per heavy atom. The lowest BCUT2D eigenvalue weighted by Crippen LogP contribution is -2.72. The molecule has 0 spiro atoms. The third-order valence-corrected chi connectivity index (χ3v) is 11.2. The number of cyclic esters (lactones) is 1. The average Bonchev–Trinajstić information content (AvgIpc) is 3.39. The molecular formula is C32H42O10. The van der Waals surface area contributed by atoms with E-state index in [2.05, 4.69) is 0 Å². The van der Waals surface area contributed by atoms with Gasteiger partial charge in [0.1, 0.15) is 18.3 Å². The molecule has 10 nitrogen and oxygen atoms in total. The standard InChI is InChI=1S/C32H42O10/c1-15(33)40-21-14-19-28(2,3)20(34)11-12-30(19,6)24-23(42-27(38)29(4,5)39)25(36)31(7)17(9-10-18(31)32(21,24)8)16-13-22(35)41-26(16)37/h10-13,17,19,21,23-26,36-37,39H,9,14H2,1-8H3/t17-,19-,21+,23-,24-,25-,26+,30+,31-,32-/m0/s1. The van der Waals surface area contributed by atoms with Crippen molar-refractivity contribution in [2.24, 2.45) is 39.4 Å². The number of ketones is 1. The van der Waals surface area contributed by atoms with E-state index in [0.717, 1.165) is 5.57 Å². The highest BCUT2D eigenvalue weighted by Crippen LogP contribution is 2.73. The molecule has 230 valence electrons. The molecule has 0 aromatic heterocycles. The van der Waals surface area contributed by atoms with Gasteiger partial charge in [-0.1, -0.05) is 52.3 Å². The Bertz CT molecular complexity index is 1330. The van der Waals surface area contributed by atoms with Crippen LogP contribution in [0.4, 0.5) is 0 Å². The second-order valence-corrected chi connectivity index (χ2v) is 14.4. The molecule has 2 fully saturated rings. The quantitative estimate of drug-likeness (QED) is 0.254. The van der Waals surface area contributed by atoms with Gasteiger partial charge in [-0.3, -0.25) is 9.59 Å². The van der Waals surface area contributed by atoms with Gasteiger partial charge in [-0.05, 0) is 44.1 Å². The van der Waals surface area contributed by atoms with E-state index in [9.17, 15) is 34.5 Å². The van der Waals surface area contributed by atoms with Crippen LogP contribution in [-0.2, 0) is 33.4 Å². The summed E-state index contributed by atoms with van der Waals surface area (Å²) in [4.78, 5) is 51.2. The summed E-state index contributed by atoms with van der Waals surface area (Å²) in [7, 11) is 0. The number of aliphatic hydroxyl groups is 3. The van der Waals surface area contributed by atoms with Crippen molar-refractivity contribution in [1.82, 2.24) is 0 Å². The number of hydrogen-bond acceptors (Lipinski definition) is 10. The minimum atomic E-state index is -1.88. The Hall–Kier alpha value is -2.82. The summed E-state index contributed by atoms with van der Waals surface area (Å²) in [5.41, 5.74) is -4.72. The number of aliphatic hydroxyl groups excluding tert-OH is 2. The van der Waals surface area contributed by atoms with Crippen LogP contribution in [0.2, 0.25) is 0 Å². The summed E-state index contributed by atoms with van der Waals surface area (Å²) in [6.07, 6.45) is 2.39. The number of fused-ring (bicyclic) bond motifs is 5. The van der Waals surface area contributed by atoms with Crippen molar-refractivity contribution < 1.29 is 48.7 Å². The van der Waals surface area contributed by atoms with Crippen molar-refractivity contribution >= 4 is 23.7 Å². The molecule has 42 heavy (non-hydrogen) atoms. The molecule has 0 aromatic rings. The van der Waals surface area contributed by atoms with E-state index in [-0.39, 0.29) is 11.7 Å². The first-order valence-electron chi connectivity index (χ1n) is 14.6. The van der Waals surface area contributed by atoms with Gasteiger partial charge in [-0.25, -0.2) is 9.59 Å². The molecular weight excluding hydrogens is 544 g/mol. The Kier molecular flexibility index (Phi) is 6.81. The third-order valence-electron chi connectivity index (χ3n) is 11.2. The Morgan fingerprint density at radius 3 is 2.24 bits per heavy atom. The summed E-state index contributed by atoms with van der Waals surface area (Å²) < 4.78 is 17.2. The summed E-state index contributed by atoms with van der Waals surface area (Å²) >= 11 is 0. The summed E-state index contributed by atoms with van der Waals surface area (Å²) in [5.74, 6) is -3.88. The van der Waals surface area contributed by atoms with Crippen molar-refractivity contribution in [2.75, 3.05) is 0 Å². The van der Waals surface area contributed by atoms with E-state index in [4.69, 9.17) is 14.2 Å². The van der Waals surface area contributed by atoms with Crippen molar-refractivity contribution in [3.05, 3.63) is 35.5 Å². The van der Waals surface area contributed by atoms with Crippen LogP contribution in [0.25, 0.3) is 0 Å². The monoisotopic (exact) mass is 586 g/mol. The zero-order chi connectivity index (χ0) is 31.4. The van der Waals surface area contributed by atoms with E-state index in [1.165, 1.54) is 26.8 Å². The summed E-state index contributed by atoms with van der Waals surface area (Å²) in [6.45, 7) is 13.3. The van der Waals surface area contributed by atoms with Gasteiger partial charge >= 0.3 is 17.9 Å². The highest BCUT2D eigenvalue weighted by Gasteiger charge is 2.74. The second-order valence-electron chi connectivity index (χ2n) is 14.4. The van der Waals surface area contributed by atoms with Gasteiger partial charge in [0.2, 0.25) is 6.29 Å². The maximum Gasteiger partial charge on any atom is 0.337 e. The number of carbonyl (C=O) groups excluding carboxylic acids is 4. The Morgan fingerprint density at radius 1 is 1.05 bits per heavy atom. The maximum absolute atomic E-state index is 13.3. The molecule has 1 heterocycles. The third kappa shape index (κ3) is 4.01. The molecule has 0 unspecified atom stereocenters. The highest BCUT2D eigenvalue weighted by atomic mass is 16.6. The predicted molar refractivity (Wildman–Crippen MR) is 148 cm³/mol. The lowest BCUT2D eigenvalue weighted by molar-refractivity contribution is -0.247. The molecule has 2 saturated carbocycles.